The number of hydrogen-bond donors (Lipinski definition) is 2. The van der Waals surface area contributed by atoms with Crippen molar-refractivity contribution in [3.63, 3.8) is 0 Å². The van der Waals surface area contributed by atoms with Gasteiger partial charge in [0.2, 0.25) is 17.6 Å². The Hall–Kier alpha value is -3.08. The van der Waals surface area contributed by atoms with Gasteiger partial charge in [-0.3, -0.25) is 4.79 Å². The Labute approximate surface area is 187 Å². The van der Waals surface area contributed by atoms with Gasteiger partial charge >= 0.3 is 6.18 Å². The quantitative estimate of drug-likeness (QED) is 0.553. The van der Waals surface area contributed by atoms with Gasteiger partial charge in [-0.2, -0.15) is 18.2 Å². The maximum Gasteiger partial charge on any atom is 0.406 e. The zero-order chi connectivity index (χ0) is 23.0. The van der Waals surface area contributed by atoms with Crippen LogP contribution in [0.25, 0.3) is 22.4 Å². The van der Waals surface area contributed by atoms with E-state index in [1.165, 1.54) is 0 Å². The van der Waals surface area contributed by atoms with Gasteiger partial charge in [0, 0.05) is 36.2 Å². The number of rotatable bonds is 7. The molecule has 11 heteroatoms. The van der Waals surface area contributed by atoms with E-state index in [1.807, 2.05) is 6.07 Å². The van der Waals surface area contributed by atoms with Crippen LogP contribution in [0, 0.1) is 5.92 Å². The molecule has 3 aromatic rings. The Morgan fingerprint density at radius 1 is 1.18 bits per heavy atom. The molecular formula is C22H24F3N5O3. The predicted octanol–water partition coefficient (Wildman–Crippen LogP) is 3.87. The molecule has 1 aliphatic heterocycles. The van der Waals surface area contributed by atoms with Gasteiger partial charge in [0.25, 0.3) is 0 Å². The molecule has 2 aromatic heterocycles. The fraction of sp³-hybridized carbons (Fsp3) is 0.500. The first-order valence-electron chi connectivity index (χ1n) is 11.0. The molecule has 5 rings (SSSR count). The van der Waals surface area contributed by atoms with Gasteiger partial charge in [0.05, 0.1) is 17.8 Å². The predicted molar refractivity (Wildman–Crippen MR) is 113 cm³/mol. The number of amides is 1. The van der Waals surface area contributed by atoms with Crippen LogP contribution in [-0.2, 0) is 22.6 Å². The van der Waals surface area contributed by atoms with Crippen LogP contribution in [0.1, 0.15) is 31.6 Å². The minimum Gasteiger partial charge on any atom is -0.382 e. The second kappa shape index (κ2) is 8.69. The molecule has 33 heavy (non-hydrogen) atoms. The summed E-state index contributed by atoms with van der Waals surface area (Å²) in [6.45, 7) is 0.154. The zero-order valence-corrected chi connectivity index (χ0v) is 17.8. The Balaban J connectivity index is 1.47. The van der Waals surface area contributed by atoms with E-state index in [4.69, 9.17) is 9.26 Å². The average molecular weight is 463 g/mol. The lowest BCUT2D eigenvalue weighted by molar-refractivity contribution is -0.139. The zero-order valence-electron chi connectivity index (χ0n) is 17.8. The first kappa shape index (κ1) is 21.7. The number of aromatic nitrogens is 3. The van der Waals surface area contributed by atoms with Crippen molar-refractivity contribution >= 4 is 22.5 Å². The van der Waals surface area contributed by atoms with E-state index in [0.717, 1.165) is 35.9 Å². The highest BCUT2D eigenvalue weighted by molar-refractivity contribution is 5.96. The Morgan fingerprint density at radius 2 is 1.97 bits per heavy atom. The van der Waals surface area contributed by atoms with Crippen LogP contribution < -0.4 is 10.6 Å². The number of alkyl halides is 3. The monoisotopic (exact) mass is 463 g/mol. The summed E-state index contributed by atoms with van der Waals surface area (Å²) in [6, 6.07) is 7.08. The van der Waals surface area contributed by atoms with E-state index in [-0.39, 0.29) is 41.8 Å². The van der Waals surface area contributed by atoms with Gasteiger partial charge < -0.3 is 24.5 Å². The van der Waals surface area contributed by atoms with Crippen molar-refractivity contribution in [2.24, 2.45) is 5.92 Å². The summed E-state index contributed by atoms with van der Waals surface area (Å²) in [7, 11) is 0. The van der Waals surface area contributed by atoms with Crippen molar-refractivity contribution in [3.05, 3.63) is 30.2 Å². The van der Waals surface area contributed by atoms with Gasteiger partial charge in [0.1, 0.15) is 6.54 Å². The SMILES string of the molecule is O=C(NCc1nc(-c2cc3c(NC4CCOCC4)cccc3n2CC(F)(F)F)no1)C1CC1. The first-order valence-corrected chi connectivity index (χ1v) is 11.0. The summed E-state index contributed by atoms with van der Waals surface area (Å²) >= 11 is 0. The molecule has 0 bridgehead atoms. The van der Waals surface area contributed by atoms with E-state index in [1.54, 1.807) is 18.2 Å². The van der Waals surface area contributed by atoms with Gasteiger partial charge in [-0.05, 0) is 43.9 Å². The molecule has 1 amide bonds. The number of anilines is 1. The third kappa shape index (κ3) is 4.97. The second-order valence-electron chi connectivity index (χ2n) is 8.50. The smallest absolute Gasteiger partial charge is 0.382 e. The van der Waals surface area contributed by atoms with Gasteiger partial charge in [-0.25, -0.2) is 0 Å². The number of hydrogen-bond acceptors (Lipinski definition) is 6. The third-order valence-corrected chi connectivity index (χ3v) is 5.92. The molecule has 8 nitrogen and oxygen atoms in total. The number of carbonyl (C=O) groups excluding carboxylic acids is 1. The minimum absolute atomic E-state index is 0.0309. The largest absolute Gasteiger partial charge is 0.406 e. The van der Waals surface area contributed by atoms with Crippen LogP contribution >= 0.6 is 0 Å². The second-order valence-corrected chi connectivity index (χ2v) is 8.50. The van der Waals surface area contributed by atoms with Crippen LogP contribution in [0.5, 0.6) is 0 Å². The topological polar surface area (TPSA) is 94.2 Å². The number of nitrogens with one attached hydrogen (secondary N) is 2. The van der Waals surface area contributed by atoms with Crippen molar-refractivity contribution in [1.29, 1.82) is 0 Å². The van der Waals surface area contributed by atoms with Crippen LogP contribution in [0.15, 0.2) is 28.8 Å². The molecular weight excluding hydrogens is 439 g/mol. The number of carbonyl (C=O) groups is 1. The van der Waals surface area contributed by atoms with Crippen molar-refractivity contribution in [2.45, 2.75) is 51.0 Å². The molecule has 3 heterocycles. The molecule has 1 saturated carbocycles. The number of ether oxygens (including phenoxy) is 1. The highest BCUT2D eigenvalue weighted by Crippen LogP contribution is 2.35. The number of nitrogens with zero attached hydrogens (tertiary/aromatic N) is 3. The van der Waals surface area contributed by atoms with Crippen LogP contribution in [0.3, 0.4) is 0 Å². The molecule has 0 unspecified atom stereocenters. The van der Waals surface area contributed by atoms with Crippen molar-refractivity contribution in [2.75, 3.05) is 18.5 Å². The summed E-state index contributed by atoms with van der Waals surface area (Å²) in [5.74, 6) is 0.139. The summed E-state index contributed by atoms with van der Waals surface area (Å²) in [4.78, 5) is 16.1. The van der Waals surface area contributed by atoms with Crippen molar-refractivity contribution < 1.29 is 27.2 Å². The molecule has 1 aliphatic carbocycles. The summed E-state index contributed by atoms with van der Waals surface area (Å²) in [5, 5.41) is 10.7. The maximum absolute atomic E-state index is 13.5. The average Bonchev–Trinajstić information content (AvgIpc) is 3.43. The molecule has 0 atom stereocenters. The van der Waals surface area contributed by atoms with E-state index in [2.05, 4.69) is 20.8 Å². The molecule has 2 fully saturated rings. The summed E-state index contributed by atoms with van der Waals surface area (Å²) in [6.07, 6.45) is -1.05. The van der Waals surface area contributed by atoms with Gasteiger partial charge in [-0.1, -0.05) is 11.2 Å². The highest BCUT2D eigenvalue weighted by atomic mass is 19.4. The van der Waals surface area contributed by atoms with Gasteiger partial charge in [-0.15, -0.1) is 0 Å². The van der Waals surface area contributed by atoms with Crippen LogP contribution in [0.4, 0.5) is 18.9 Å². The lowest BCUT2D eigenvalue weighted by Gasteiger charge is -2.24. The lowest BCUT2D eigenvalue weighted by atomic mass is 10.1. The van der Waals surface area contributed by atoms with Crippen molar-refractivity contribution in [3.8, 4) is 11.5 Å². The van der Waals surface area contributed by atoms with Crippen LogP contribution in [-0.4, -0.2) is 46.0 Å². The van der Waals surface area contributed by atoms with Crippen LogP contribution in [0.2, 0.25) is 0 Å². The lowest BCUT2D eigenvalue weighted by Crippen LogP contribution is -2.27. The Bertz CT molecular complexity index is 1150. The summed E-state index contributed by atoms with van der Waals surface area (Å²) < 4.78 is 52.1. The van der Waals surface area contributed by atoms with Crippen molar-refractivity contribution in [1.82, 2.24) is 20.0 Å². The van der Waals surface area contributed by atoms with Gasteiger partial charge in [0.15, 0.2) is 0 Å². The number of halogens is 3. The van der Waals surface area contributed by atoms with E-state index < -0.39 is 12.7 Å². The molecule has 2 aliphatic rings. The number of benzene rings is 1. The Kier molecular flexibility index (Phi) is 5.73. The number of fused-ring (bicyclic) bond motifs is 1. The van der Waals surface area contributed by atoms with E-state index in [9.17, 15) is 18.0 Å². The Morgan fingerprint density at radius 3 is 2.70 bits per heavy atom. The molecule has 1 aromatic carbocycles. The third-order valence-electron chi connectivity index (χ3n) is 5.92. The minimum atomic E-state index is -4.43. The molecule has 2 N–H and O–H groups in total. The fourth-order valence-corrected chi connectivity index (χ4v) is 4.09. The highest BCUT2D eigenvalue weighted by Gasteiger charge is 2.32. The molecule has 176 valence electrons. The standard InChI is InChI=1S/C22H24F3N5O3/c23-22(24,25)12-30-17-3-1-2-16(27-14-6-8-32-9-7-14)15(17)10-18(30)20-28-19(33-29-20)11-26-21(31)13-4-5-13/h1-3,10,13-14,27H,4-9,11-12H2,(H,26,31). The van der Waals surface area contributed by atoms with E-state index >= 15 is 0 Å². The summed E-state index contributed by atoms with van der Waals surface area (Å²) in [5.41, 5.74) is 1.38. The first-order chi connectivity index (χ1) is 15.9. The van der Waals surface area contributed by atoms with E-state index in [0.29, 0.717) is 24.1 Å². The normalized spacial score (nSPS) is 17.4. The molecule has 0 spiro atoms. The maximum atomic E-state index is 13.5. The fourth-order valence-electron chi connectivity index (χ4n) is 4.09. The molecule has 0 radical (unpaired) electrons. The molecule has 1 saturated heterocycles.